The Bertz CT molecular complexity index is 617. The highest BCUT2D eigenvalue weighted by molar-refractivity contribution is 5.89. The molecular formula is C20H28N2O4. The van der Waals surface area contributed by atoms with Gasteiger partial charge in [-0.3, -0.25) is 4.79 Å². The van der Waals surface area contributed by atoms with Gasteiger partial charge in [0.25, 0.3) is 5.91 Å². The van der Waals surface area contributed by atoms with Gasteiger partial charge in [0.05, 0.1) is 12.7 Å². The lowest BCUT2D eigenvalue weighted by Crippen LogP contribution is -2.52. The monoisotopic (exact) mass is 360 g/mol. The Morgan fingerprint density at radius 1 is 1.04 bits per heavy atom. The highest BCUT2D eigenvalue weighted by atomic mass is 16.5. The molecule has 6 heteroatoms. The van der Waals surface area contributed by atoms with Gasteiger partial charge in [-0.2, -0.15) is 0 Å². The van der Waals surface area contributed by atoms with E-state index in [0.717, 1.165) is 44.5 Å². The predicted octanol–water partition coefficient (Wildman–Crippen LogP) is 2.06. The van der Waals surface area contributed by atoms with Crippen molar-refractivity contribution in [3.63, 3.8) is 0 Å². The first-order valence-electron chi connectivity index (χ1n) is 9.50. The van der Waals surface area contributed by atoms with E-state index in [1.165, 1.54) is 13.5 Å². The first-order chi connectivity index (χ1) is 12.6. The Kier molecular flexibility index (Phi) is 6.14. The number of hydrogen-bond donors (Lipinski definition) is 1. The second-order valence-electron chi connectivity index (χ2n) is 7.19. The lowest BCUT2D eigenvalue weighted by Gasteiger charge is -2.38. The number of ether oxygens (including phenoxy) is 1. The van der Waals surface area contributed by atoms with Crippen LogP contribution in [0.3, 0.4) is 0 Å². The molecule has 0 aromatic heterocycles. The molecular weight excluding hydrogens is 332 g/mol. The highest BCUT2D eigenvalue weighted by Gasteiger charge is 2.32. The van der Waals surface area contributed by atoms with E-state index in [4.69, 9.17) is 4.74 Å². The normalized spacial score (nSPS) is 19.9. The summed E-state index contributed by atoms with van der Waals surface area (Å²) in [4.78, 5) is 28.1. The number of nitrogens with zero attached hydrogens (tertiary/aromatic N) is 2. The number of carbonyl (C=O) groups is 2. The maximum atomic E-state index is 12.6. The van der Waals surface area contributed by atoms with Crippen molar-refractivity contribution < 1.29 is 19.4 Å². The van der Waals surface area contributed by atoms with Crippen LogP contribution in [0.2, 0.25) is 0 Å². The summed E-state index contributed by atoms with van der Waals surface area (Å²) < 4.78 is 4.71. The van der Waals surface area contributed by atoms with Crippen molar-refractivity contribution in [2.75, 3.05) is 38.2 Å². The van der Waals surface area contributed by atoms with Crippen molar-refractivity contribution in [2.45, 2.75) is 38.2 Å². The SMILES string of the molecule is COC(=O)c1ccc(N2CCN(C(=O)[C@H](O)C3CCCCC3)CC2)cc1. The van der Waals surface area contributed by atoms with Gasteiger partial charge in [-0.1, -0.05) is 19.3 Å². The Labute approximate surface area is 154 Å². The molecule has 142 valence electrons. The summed E-state index contributed by atoms with van der Waals surface area (Å²) in [5, 5.41) is 10.4. The summed E-state index contributed by atoms with van der Waals surface area (Å²) in [6.45, 7) is 2.67. The predicted molar refractivity (Wildman–Crippen MR) is 99.2 cm³/mol. The number of piperazine rings is 1. The van der Waals surface area contributed by atoms with Crippen molar-refractivity contribution in [2.24, 2.45) is 5.92 Å². The van der Waals surface area contributed by atoms with E-state index in [1.807, 2.05) is 12.1 Å². The molecule has 6 nitrogen and oxygen atoms in total. The van der Waals surface area contributed by atoms with E-state index < -0.39 is 6.10 Å². The van der Waals surface area contributed by atoms with E-state index in [1.54, 1.807) is 17.0 Å². The van der Waals surface area contributed by atoms with Crippen LogP contribution in [0.5, 0.6) is 0 Å². The van der Waals surface area contributed by atoms with Gasteiger partial charge in [-0.25, -0.2) is 4.79 Å². The number of carbonyl (C=O) groups excluding carboxylic acids is 2. The van der Waals surface area contributed by atoms with Crippen LogP contribution < -0.4 is 4.90 Å². The smallest absolute Gasteiger partial charge is 0.337 e. The summed E-state index contributed by atoms with van der Waals surface area (Å²) in [5.74, 6) is -0.332. The topological polar surface area (TPSA) is 70.1 Å². The standard InChI is InChI=1S/C20H28N2O4/c1-26-20(25)16-7-9-17(10-8-16)21-11-13-22(14-12-21)19(24)18(23)15-5-3-2-4-6-15/h7-10,15,18,23H,2-6,11-14H2,1H3/t18-/m1/s1. The third kappa shape index (κ3) is 4.18. The second-order valence-corrected chi connectivity index (χ2v) is 7.19. The van der Waals surface area contributed by atoms with E-state index >= 15 is 0 Å². The van der Waals surface area contributed by atoms with Crippen molar-refractivity contribution in [3.05, 3.63) is 29.8 Å². The molecule has 1 saturated carbocycles. The van der Waals surface area contributed by atoms with Crippen LogP contribution in [-0.4, -0.2) is 61.3 Å². The number of amides is 1. The van der Waals surface area contributed by atoms with Crippen LogP contribution in [-0.2, 0) is 9.53 Å². The highest BCUT2D eigenvalue weighted by Crippen LogP contribution is 2.27. The molecule has 2 aliphatic rings. The minimum absolute atomic E-state index is 0.113. The lowest BCUT2D eigenvalue weighted by atomic mass is 9.85. The summed E-state index contributed by atoms with van der Waals surface area (Å²) in [6.07, 6.45) is 4.51. The average molecular weight is 360 g/mol. The molecule has 1 aliphatic heterocycles. The van der Waals surface area contributed by atoms with Gasteiger partial charge in [0, 0.05) is 31.9 Å². The Morgan fingerprint density at radius 2 is 1.65 bits per heavy atom. The molecule has 1 atom stereocenters. The fraction of sp³-hybridized carbons (Fsp3) is 0.600. The minimum Gasteiger partial charge on any atom is -0.465 e. The first-order valence-corrected chi connectivity index (χ1v) is 9.50. The van der Waals surface area contributed by atoms with E-state index in [2.05, 4.69) is 4.90 Å². The third-order valence-electron chi connectivity index (χ3n) is 5.59. The molecule has 1 aliphatic carbocycles. The maximum Gasteiger partial charge on any atom is 0.337 e. The quantitative estimate of drug-likeness (QED) is 0.833. The molecule has 2 fully saturated rings. The van der Waals surface area contributed by atoms with Crippen LogP contribution in [0.1, 0.15) is 42.5 Å². The number of aliphatic hydroxyl groups excluding tert-OH is 1. The van der Waals surface area contributed by atoms with Gasteiger partial charge < -0.3 is 19.6 Å². The summed E-state index contributed by atoms with van der Waals surface area (Å²) >= 11 is 0. The summed E-state index contributed by atoms with van der Waals surface area (Å²) in [5.41, 5.74) is 1.55. The van der Waals surface area contributed by atoms with Crippen LogP contribution in [0.4, 0.5) is 5.69 Å². The number of hydrogen-bond acceptors (Lipinski definition) is 5. The molecule has 1 N–H and O–H groups in total. The molecule has 26 heavy (non-hydrogen) atoms. The zero-order valence-corrected chi connectivity index (χ0v) is 15.4. The lowest BCUT2D eigenvalue weighted by molar-refractivity contribution is -0.144. The molecule has 3 rings (SSSR count). The van der Waals surface area contributed by atoms with E-state index in [-0.39, 0.29) is 17.8 Å². The number of anilines is 1. The molecule has 1 amide bonds. The van der Waals surface area contributed by atoms with Crippen LogP contribution >= 0.6 is 0 Å². The van der Waals surface area contributed by atoms with Gasteiger partial charge in [-0.05, 0) is 43.0 Å². The molecule has 1 saturated heterocycles. The van der Waals surface area contributed by atoms with Crippen molar-refractivity contribution in [1.82, 2.24) is 4.90 Å². The summed E-state index contributed by atoms with van der Waals surface area (Å²) in [6, 6.07) is 7.32. The molecule has 0 spiro atoms. The fourth-order valence-corrected chi connectivity index (χ4v) is 3.95. The minimum atomic E-state index is -0.846. The first kappa shape index (κ1) is 18.7. The van der Waals surface area contributed by atoms with Crippen LogP contribution in [0.15, 0.2) is 24.3 Å². The second kappa shape index (κ2) is 8.54. The van der Waals surface area contributed by atoms with Gasteiger partial charge in [0.15, 0.2) is 0 Å². The average Bonchev–Trinajstić information content (AvgIpc) is 2.73. The number of esters is 1. The molecule has 1 heterocycles. The van der Waals surface area contributed by atoms with E-state index in [9.17, 15) is 14.7 Å². The maximum absolute atomic E-state index is 12.6. The van der Waals surface area contributed by atoms with Gasteiger partial charge in [-0.15, -0.1) is 0 Å². The zero-order chi connectivity index (χ0) is 18.5. The molecule has 0 bridgehead atoms. The van der Waals surface area contributed by atoms with Crippen molar-refractivity contribution in [3.8, 4) is 0 Å². The zero-order valence-electron chi connectivity index (χ0n) is 15.4. The molecule has 0 unspecified atom stereocenters. The third-order valence-corrected chi connectivity index (χ3v) is 5.59. The summed E-state index contributed by atoms with van der Waals surface area (Å²) in [7, 11) is 1.37. The number of rotatable bonds is 4. The Balaban J connectivity index is 1.53. The van der Waals surface area contributed by atoms with Crippen LogP contribution in [0, 0.1) is 5.92 Å². The number of benzene rings is 1. The fourth-order valence-electron chi connectivity index (χ4n) is 3.95. The van der Waals surface area contributed by atoms with Crippen molar-refractivity contribution >= 4 is 17.6 Å². The van der Waals surface area contributed by atoms with Gasteiger partial charge >= 0.3 is 5.97 Å². The number of methoxy groups -OCH3 is 1. The Morgan fingerprint density at radius 3 is 2.23 bits per heavy atom. The molecule has 0 radical (unpaired) electrons. The molecule has 1 aromatic carbocycles. The Hall–Kier alpha value is -2.08. The van der Waals surface area contributed by atoms with Crippen molar-refractivity contribution in [1.29, 1.82) is 0 Å². The van der Waals surface area contributed by atoms with Gasteiger partial charge in [0.1, 0.15) is 6.10 Å². The largest absolute Gasteiger partial charge is 0.465 e. The van der Waals surface area contributed by atoms with Crippen LogP contribution in [0.25, 0.3) is 0 Å². The molecule has 1 aromatic rings. The van der Waals surface area contributed by atoms with Gasteiger partial charge in [0.2, 0.25) is 0 Å². The van der Waals surface area contributed by atoms with E-state index in [0.29, 0.717) is 18.7 Å². The number of aliphatic hydroxyl groups is 1.